The minimum absolute atomic E-state index is 0.237. The van der Waals surface area contributed by atoms with Crippen molar-refractivity contribution in [2.75, 3.05) is 13.2 Å². The van der Waals surface area contributed by atoms with E-state index in [2.05, 4.69) is 158 Å². The van der Waals surface area contributed by atoms with Crippen LogP contribution in [0.15, 0.2) is 130 Å². The molecule has 2 heterocycles. The van der Waals surface area contributed by atoms with Gasteiger partial charge >= 0.3 is 11.9 Å². The predicted octanol–water partition coefficient (Wildman–Crippen LogP) is 16.4. The zero-order chi connectivity index (χ0) is 69.4. The van der Waals surface area contributed by atoms with Gasteiger partial charge in [-0.2, -0.15) is 0 Å². The van der Waals surface area contributed by atoms with Gasteiger partial charge in [0.1, 0.15) is 62.0 Å². The number of esters is 2. The van der Waals surface area contributed by atoms with E-state index in [0.717, 1.165) is 83.8 Å². The summed E-state index contributed by atoms with van der Waals surface area (Å²) in [6, 6.07) is 0. The van der Waals surface area contributed by atoms with Gasteiger partial charge in [-0.05, 0) is 114 Å². The number of aliphatic hydroxyl groups excluding tert-OH is 6. The van der Waals surface area contributed by atoms with Crippen LogP contribution in [-0.2, 0) is 38.0 Å². The molecule has 2 saturated heterocycles. The zero-order valence-corrected chi connectivity index (χ0v) is 60.5. The minimum atomic E-state index is -1.52. The number of allylic oxidation sites excluding steroid dienone is 20. The van der Waals surface area contributed by atoms with Gasteiger partial charge in [-0.25, -0.2) is 0 Å². The molecule has 14 nitrogen and oxygen atoms in total. The second-order valence-electron chi connectivity index (χ2n) is 29.8. The standard InChI is InChI=1S/C80H128O14/c1-55(2)35-27-23-19-16-15-17-21-25-29-43-69(81)89-53-67-71(83)73(85)75(87)77(93-67)91-63-49-61(9)65(79(11,12)51-63)47-45-59(7)41-33-39-57(5)37-31-32-38-58(6)40-34-42-60(8)46-48-66-62(10)50-64(52-80(66,13)14)92-78-76(88)74(86)72(84)68(94-78)54-90-70(82)44-30-26-22-18-20-24-28-36-56(3)4/h31-34,37-42,45-48,55-56,63-64,67-68,71-78,83-88H,15-30,35-36,43-44,49-54H2,1-14H3/b32-31+,39-33+,40-34+,47-45+,48-46+,57-37+,58-38+,59-41+,60-42+/t63-,64-,67-,68-,71-,72-,73?,74?,75?,76?,77-,78-/m1/s1. The van der Waals surface area contributed by atoms with Crippen molar-refractivity contribution >= 4 is 11.9 Å². The maximum absolute atomic E-state index is 12.6. The molecule has 14 heteroatoms. The number of hydrogen-bond acceptors (Lipinski definition) is 14. The minimum Gasteiger partial charge on any atom is -0.463 e. The molecule has 2 aliphatic heterocycles. The Morgan fingerprint density at radius 2 is 0.755 bits per heavy atom. The van der Waals surface area contributed by atoms with E-state index in [0.29, 0.717) is 25.7 Å². The molecule has 12 atom stereocenters. The van der Waals surface area contributed by atoms with Gasteiger partial charge in [-0.1, -0.05) is 277 Å². The summed E-state index contributed by atoms with van der Waals surface area (Å²) >= 11 is 0. The summed E-state index contributed by atoms with van der Waals surface area (Å²) in [5.41, 5.74) is 8.58. The van der Waals surface area contributed by atoms with Crippen LogP contribution in [0.3, 0.4) is 0 Å². The van der Waals surface area contributed by atoms with Gasteiger partial charge in [0.05, 0.1) is 12.2 Å². The smallest absolute Gasteiger partial charge is 0.305 e. The van der Waals surface area contributed by atoms with E-state index >= 15 is 0 Å². The van der Waals surface area contributed by atoms with Crippen molar-refractivity contribution in [2.45, 2.75) is 325 Å². The number of aliphatic hydroxyl groups is 6. The Bertz CT molecular complexity index is 2620. The van der Waals surface area contributed by atoms with E-state index in [4.69, 9.17) is 28.4 Å². The van der Waals surface area contributed by atoms with Crippen LogP contribution in [0.5, 0.6) is 0 Å². The molecule has 4 unspecified atom stereocenters. The highest BCUT2D eigenvalue weighted by Gasteiger charge is 2.48. The van der Waals surface area contributed by atoms with E-state index < -0.39 is 61.4 Å². The summed E-state index contributed by atoms with van der Waals surface area (Å²) in [6.07, 6.45) is 39.0. The van der Waals surface area contributed by atoms with Gasteiger partial charge < -0.3 is 59.1 Å². The largest absolute Gasteiger partial charge is 0.463 e. The van der Waals surface area contributed by atoms with Crippen molar-refractivity contribution < 1.29 is 68.6 Å². The lowest BCUT2D eigenvalue weighted by Crippen LogP contribution is -2.60. The highest BCUT2D eigenvalue weighted by atomic mass is 16.7. The Morgan fingerprint density at radius 3 is 1.09 bits per heavy atom. The van der Waals surface area contributed by atoms with Crippen LogP contribution in [0.4, 0.5) is 0 Å². The van der Waals surface area contributed by atoms with Crippen LogP contribution < -0.4 is 0 Å². The van der Waals surface area contributed by atoms with Crippen LogP contribution in [0.25, 0.3) is 0 Å². The van der Waals surface area contributed by atoms with Gasteiger partial charge in [0.2, 0.25) is 0 Å². The Labute approximate surface area is 568 Å². The zero-order valence-electron chi connectivity index (χ0n) is 60.5. The summed E-state index contributed by atoms with van der Waals surface area (Å²) < 4.78 is 35.6. The van der Waals surface area contributed by atoms with E-state index in [1.54, 1.807) is 0 Å². The summed E-state index contributed by atoms with van der Waals surface area (Å²) in [6.45, 7) is 29.7. The summed E-state index contributed by atoms with van der Waals surface area (Å²) in [5.74, 6) is 0.788. The SMILES string of the molecule is CC1=C(/C=C/C(C)=C/C=C/C(C)=C/C=C/C=C(C)/C=C/C=C(C)/C=C/C2=C(C)C[C@@H](O[C@@H]3O[C@H](COC(=O)CCCCCCCCCC(C)C)[C@@H](O)C(O)C3O)CC2(C)C)C(C)(C)C[C@H](O[C@@H]2O[C@H](COC(=O)CCCCCCCCCCCC(C)C)[C@@H](O)C(O)C2O)C1. The molecular weight excluding hydrogens is 1180 g/mol. The number of hydrogen-bond donors (Lipinski definition) is 6. The quantitative estimate of drug-likeness (QED) is 0.0192. The molecule has 0 spiro atoms. The molecule has 94 heavy (non-hydrogen) atoms. The average Bonchev–Trinajstić information content (AvgIpc) is 0.800. The molecule has 2 fully saturated rings. The third-order valence-electron chi connectivity index (χ3n) is 18.8. The third-order valence-corrected chi connectivity index (χ3v) is 18.8. The summed E-state index contributed by atoms with van der Waals surface area (Å²) in [4.78, 5) is 25.2. The Morgan fingerprint density at radius 1 is 0.447 bits per heavy atom. The first-order valence-electron chi connectivity index (χ1n) is 36.1. The Hall–Kier alpha value is -4.32. The molecule has 532 valence electrons. The maximum atomic E-state index is 12.6. The van der Waals surface area contributed by atoms with E-state index in [1.807, 2.05) is 24.3 Å². The van der Waals surface area contributed by atoms with E-state index in [-0.39, 0.29) is 61.0 Å². The van der Waals surface area contributed by atoms with Crippen LogP contribution >= 0.6 is 0 Å². The van der Waals surface area contributed by atoms with Gasteiger partial charge in [-0.15, -0.1) is 0 Å². The molecule has 0 aromatic carbocycles. The fraction of sp³-hybridized carbons (Fsp3) is 0.700. The molecule has 4 aliphatic rings. The fourth-order valence-corrected chi connectivity index (χ4v) is 13.2. The number of rotatable bonds is 40. The van der Waals surface area contributed by atoms with Crippen molar-refractivity contribution in [1.29, 1.82) is 0 Å². The summed E-state index contributed by atoms with van der Waals surface area (Å²) in [5, 5.41) is 64.9. The second-order valence-corrected chi connectivity index (χ2v) is 29.8. The monoisotopic (exact) mass is 1310 g/mol. The average molecular weight is 1310 g/mol. The Balaban J connectivity index is 1.18. The van der Waals surface area contributed by atoms with Crippen LogP contribution in [0.1, 0.15) is 251 Å². The van der Waals surface area contributed by atoms with Crippen molar-refractivity contribution in [1.82, 2.24) is 0 Å². The summed E-state index contributed by atoms with van der Waals surface area (Å²) in [7, 11) is 0. The van der Waals surface area contributed by atoms with Crippen molar-refractivity contribution in [3.8, 4) is 0 Å². The highest BCUT2D eigenvalue weighted by Crippen LogP contribution is 2.45. The normalized spacial score (nSPS) is 27.7. The lowest BCUT2D eigenvalue weighted by atomic mass is 9.71. The van der Waals surface area contributed by atoms with Gasteiger partial charge in [-0.3, -0.25) is 9.59 Å². The molecule has 0 aromatic rings. The van der Waals surface area contributed by atoms with E-state index in [1.165, 1.54) is 88.2 Å². The van der Waals surface area contributed by atoms with Crippen molar-refractivity contribution in [3.05, 3.63) is 130 Å². The predicted molar refractivity (Wildman–Crippen MR) is 379 cm³/mol. The van der Waals surface area contributed by atoms with E-state index in [9.17, 15) is 40.2 Å². The molecule has 0 radical (unpaired) electrons. The fourth-order valence-electron chi connectivity index (χ4n) is 13.2. The van der Waals surface area contributed by atoms with Crippen molar-refractivity contribution in [3.63, 3.8) is 0 Å². The maximum Gasteiger partial charge on any atom is 0.305 e. The third kappa shape index (κ3) is 30.6. The molecule has 0 bridgehead atoms. The second kappa shape index (κ2) is 43.2. The molecular formula is C80H128O14. The number of ether oxygens (including phenoxy) is 6. The number of carbonyl (C=O) groups excluding carboxylic acids is 2. The van der Waals surface area contributed by atoms with Gasteiger partial charge in [0.25, 0.3) is 0 Å². The Kier molecular flexibility index (Phi) is 37.7. The lowest BCUT2D eigenvalue weighted by molar-refractivity contribution is -0.313. The number of carbonyl (C=O) groups is 2. The van der Waals surface area contributed by atoms with Crippen molar-refractivity contribution in [2.24, 2.45) is 22.7 Å². The highest BCUT2D eigenvalue weighted by molar-refractivity contribution is 5.69. The van der Waals surface area contributed by atoms with Gasteiger partial charge in [0.15, 0.2) is 12.6 Å². The van der Waals surface area contributed by atoms with Gasteiger partial charge in [0, 0.05) is 12.8 Å². The number of unbranched alkanes of at least 4 members (excludes halogenated alkanes) is 14. The first kappa shape index (κ1) is 82.1. The van der Waals surface area contributed by atoms with Crippen LogP contribution in [0.2, 0.25) is 0 Å². The molecule has 0 amide bonds. The molecule has 0 aromatic heterocycles. The molecule has 4 rings (SSSR count). The first-order valence-corrected chi connectivity index (χ1v) is 36.1. The van der Waals surface area contributed by atoms with Crippen LogP contribution in [0, 0.1) is 22.7 Å². The lowest BCUT2D eigenvalue weighted by Gasteiger charge is -2.43. The molecule has 0 saturated carbocycles. The topological polar surface area (TPSA) is 211 Å². The van der Waals surface area contributed by atoms with Crippen LogP contribution in [-0.4, -0.2) is 129 Å². The molecule has 2 aliphatic carbocycles. The molecule has 6 N–H and O–H groups in total. The first-order chi connectivity index (χ1) is 44.6.